The molecule has 34 heavy (non-hydrogen) atoms. The van der Waals surface area contributed by atoms with Crippen molar-refractivity contribution in [1.82, 2.24) is 26.3 Å². The molecule has 2 fully saturated rings. The molecule has 2 saturated heterocycles. The van der Waals surface area contributed by atoms with Crippen LogP contribution < -0.4 is 21.3 Å². The quantitative estimate of drug-likeness (QED) is 0.155. The van der Waals surface area contributed by atoms with Crippen LogP contribution in [0.4, 0.5) is 4.79 Å². The van der Waals surface area contributed by atoms with E-state index in [1.807, 2.05) is 30.0 Å². The monoisotopic (exact) mass is 507 g/mol. The largest absolute Gasteiger partial charge is 0.356 e. The van der Waals surface area contributed by atoms with Gasteiger partial charge >= 0.3 is 6.03 Å². The highest BCUT2D eigenvalue weighted by Crippen LogP contribution is 2.33. The number of fused-ring (bicyclic) bond motifs is 1. The number of amides is 4. The molecule has 3 heterocycles. The van der Waals surface area contributed by atoms with Crippen molar-refractivity contribution in [3.05, 3.63) is 24.4 Å². The maximum atomic E-state index is 12.0. The van der Waals surface area contributed by atoms with Gasteiger partial charge in [-0.2, -0.15) is 11.8 Å². The van der Waals surface area contributed by atoms with Crippen molar-refractivity contribution in [1.29, 1.82) is 0 Å². The van der Waals surface area contributed by atoms with E-state index in [2.05, 4.69) is 26.3 Å². The van der Waals surface area contributed by atoms with Crippen molar-refractivity contribution < 1.29 is 14.4 Å². The van der Waals surface area contributed by atoms with Crippen LogP contribution in [0.15, 0.2) is 29.4 Å². The molecule has 1 aromatic heterocycles. The van der Waals surface area contributed by atoms with Crippen molar-refractivity contribution in [3.63, 3.8) is 0 Å². The van der Waals surface area contributed by atoms with E-state index in [4.69, 9.17) is 0 Å². The summed E-state index contributed by atoms with van der Waals surface area (Å²) in [5, 5.41) is 13.4. The van der Waals surface area contributed by atoms with Crippen molar-refractivity contribution in [2.75, 3.05) is 24.6 Å². The molecular weight excluding hydrogens is 470 g/mol. The number of nitrogens with zero attached hydrogens (tertiary/aromatic N) is 1. The van der Waals surface area contributed by atoms with Crippen LogP contribution in [0.25, 0.3) is 0 Å². The minimum Gasteiger partial charge on any atom is -0.356 e. The number of carbonyl (C=O) groups is 3. The number of unbranched alkanes of at least 4 members (excludes halogenated alkanes) is 4. The first kappa shape index (κ1) is 26.7. The number of urea groups is 1. The molecule has 4 N–H and O–H groups in total. The van der Waals surface area contributed by atoms with Gasteiger partial charge in [0.2, 0.25) is 11.8 Å². The molecule has 0 aliphatic carbocycles. The van der Waals surface area contributed by atoms with Crippen LogP contribution >= 0.6 is 23.5 Å². The van der Waals surface area contributed by atoms with E-state index in [1.165, 1.54) is 0 Å². The van der Waals surface area contributed by atoms with Crippen molar-refractivity contribution in [2.45, 2.75) is 80.1 Å². The number of carbonyl (C=O) groups excluding carboxylic acids is 3. The Kier molecular flexibility index (Phi) is 11.9. The molecule has 0 bridgehead atoms. The number of hydrogen-bond acceptors (Lipinski definition) is 6. The third kappa shape index (κ3) is 9.74. The average molecular weight is 508 g/mol. The second-order valence-corrected chi connectivity index (χ2v) is 11.1. The summed E-state index contributed by atoms with van der Waals surface area (Å²) in [6.07, 6.45) is 9.80. The molecule has 0 saturated carbocycles. The zero-order valence-electron chi connectivity index (χ0n) is 19.7. The lowest BCUT2D eigenvalue weighted by molar-refractivity contribution is -0.121. The maximum absolute atomic E-state index is 12.0. The van der Waals surface area contributed by atoms with E-state index in [0.717, 1.165) is 68.0 Å². The molecular formula is C24H37N5O3S2. The van der Waals surface area contributed by atoms with Gasteiger partial charge in [-0.25, -0.2) is 9.78 Å². The number of pyridine rings is 1. The molecule has 2 aliphatic heterocycles. The zero-order chi connectivity index (χ0) is 24.0. The van der Waals surface area contributed by atoms with Gasteiger partial charge < -0.3 is 21.3 Å². The van der Waals surface area contributed by atoms with Crippen molar-refractivity contribution in [3.8, 4) is 0 Å². The van der Waals surface area contributed by atoms with E-state index >= 15 is 0 Å². The average Bonchev–Trinajstić information content (AvgIpc) is 3.38. The standard InChI is InChI=1S/C24H37N5O3S2/c30-20(10-4-3-9-19-23-18(17-34-19)28-24(32)29-23)25-13-6-1-2-7-14-26-21(31)12-16-33-22-11-5-8-15-27-22/h5,8,11,15,18-19,23H,1-4,6-7,9-10,12-14,16-17H2,(H,25,30)(H,26,31)(H2,28,29,32)/t18-,19-,23-/m0/s1. The van der Waals surface area contributed by atoms with Crippen LogP contribution in [-0.4, -0.2) is 64.8 Å². The summed E-state index contributed by atoms with van der Waals surface area (Å²) in [6, 6.07) is 6.25. The topological polar surface area (TPSA) is 112 Å². The SMILES string of the molecule is O=C(CCCC[C@@H]1SC[C@@H]2NC(=O)N[C@@H]21)NCCCCCCNC(=O)CCSc1ccccn1. The first-order valence-electron chi connectivity index (χ1n) is 12.4. The summed E-state index contributed by atoms with van der Waals surface area (Å²) in [4.78, 5) is 39.5. The van der Waals surface area contributed by atoms with Crippen LogP contribution in [-0.2, 0) is 9.59 Å². The predicted molar refractivity (Wildman–Crippen MR) is 138 cm³/mol. The van der Waals surface area contributed by atoms with Gasteiger partial charge in [-0.15, -0.1) is 11.8 Å². The Morgan fingerprint density at radius 3 is 2.50 bits per heavy atom. The summed E-state index contributed by atoms with van der Waals surface area (Å²) in [7, 11) is 0. The molecule has 8 nitrogen and oxygen atoms in total. The number of thioether (sulfide) groups is 2. The van der Waals surface area contributed by atoms with E-state index in [-0.39, 0.29) is 29.9 Å². The van der Waals surface area contributed by atoms with Crippen molar-refractivity contribution in [2.24, 2.45) is 0 Å². The lowest BCUT2D eigenvalue weighted by Crippen LogP contribution is -2.36. The Hall–Kier alpha value is -1.94. The van der Waals surface area contributed by atoms with E-state index in [0.29, 0.717) is 24.6 Å². The molecule has 0 spiro atoms. The minimum atomic E-state index is -0.0453. The lowest BCUT2D eigenvalue weighted by Gasteiger charge is -2.16. The molecule has 10 heteroatoms. The Bertz CT molecular complexity index is 783. The van der Waals surface area contributed by atoms with Crippen molar-refractivity contribution >= 4 is 41.4 Å². The summed E-state index contributed by atoms with van der Waals surface area (Å²) in [5.74, 6) is 1.93. The van der Waals surface area contributed by atoms with E-state index < -0.39 is 0 Å². The van der Waals surface area contributed by atoms with E-state index in [1.54, 1.807) is 18.0 Å². The van der Waals surface area contributed by atoms with Gasteiger partial charge in [0, 0.05) is 48.9 Å². The Labute approximate surface area is 211 Å². The van der Waals surface area contributed by atoms with Gasteiger partial charge in [0.15, 0.2) is 0 Å². The van der Waals surface area contributed by atoms with Gasteiger partial charge in [0.05, 0.1) is 17.1 Å². The second-order valence-electron chi connectivity index (χ2n) is 8.75. The van der Waals surface area contributed by atoms with Gasteiger partial charge in [-0.1, -0.05) is 25.3 Å². The Morgan fingerprint density at radius 2 is 1.76 bits per heavy atom. The minimum absolute atomic E-state index is 0.0453. The highest BCUT2D eigenvalue weighted by atomic mass is 32.2. The highest BCUT2D eigenvalue weighted by molar-refractivity contribution is 8.00. The molecule has 188 valence electrons. The lowest BCUT2D eigenvalue weighted by atomic mass is 10.0. The smallest absolute Gasteiger partial charge is 0.315 e. The third-order valence-corrected chi connectivity index (χ3v) is 8.50. The number of nitrogens with one attached hydrogen (secondary N) is 4. The molecule has 0 unspecified atom stereocenters. The fourth-order valence-corrected chi connectivity index (χ4v) is 6.54. The molecule has 4 amide bonds. The molecule has 2 aliphatic rings. The highest BCUT2D eigenvalue weighted by Gasteiger charge is 2.42. The molecule has 3 atom stereocenters. The first-order chi connectivity index (χ1) is 16.6. The fourth-order valence-electron chi connectivity index (χ4n) is 4.19. The maximum Gasteiger partial charge on any atom is 0.315 e. The predicted octanol–water partition coefficient (Wildman–Crippen LogP) is 3.08. The second kappa shape index (κ2) is 15.1. The first-order valence-corrected chi connectivity index (χ1v) is 14.4. The number of rotatable bonds is 16. The fraction of sp³-hybridized carbons (Fsp3) is 0.667. The zero-order valence-corrected chi connectivity index (χ0v) is 21.4. The third-order valence-electron chi connectivity index (χ3n) is 6.05. The van der Waals surface area contributed by atoms with E-state index in [9.17, 15) is 14.4 Å². The molecule has 1 aromatic rings. The normalized spacial score (nSPS) is 20.9. The Balaban J connectivity index is 1.07. The van der Waals surface area contributed by atoms with Crippen LogP contribution in [0.5, 0.6) is 0 Å². The number of hydrogen-bond donors (Lipinski definition) is 4. The van der Waals surface area contributed by atoms with Gasteiger partial charge in [0.1, 0.15) is 0 Å². The van der Waals surface area contributed by atoms with Crippen LogP contribution in [0, 0.1) is 0 Å². The summed E-state index contributed by atoms with van der Waals surface area (Å²) >= 11 is 3.52. The molecule has 0 radical (unpaired) electrons. The Morgan fingerprint density at radius 1 is 1.00 bits per heavy atom. The van der Waals surface area contributed by atoms with Crippen LogP contribution in [0.3, 0.4) is 0 Å². The summed E-state index contributed by atoms with van der Waals surface area (Å²) < 4.78 is 0. The van der Waals surface area contributed by atoms with Crippen LogP contribution in [0.2, 0.25) is 0 Å². The van der Waals surface area contributed by atoms with Gasteiger partial charge in [-0.05, 0) is 37.8 Å². The number of aromatic nitrogens is 1. The van der Waals surface area contributed by atoms with Gasteiger partial charge in [0.25, 0.3) is 0 Å². The van der Waals surface area contributed by atoms with Crippen LogP contribution in [0.1, 0.15) is 57.8 Å². The van der Waals surface area contributed by atoms with Gasteiger partial charge in [-0.3, -0.25) is 9.59 Å². The molecule has 3 rings (SSSR count). The summed E-state index contributed by atoms with van der Waals surface area (Å²) in [5.41, 5.74) is 0. The summed E-state index contributed by atoms with van der Waals surface area (Å²) in [6.45, 7) is 1.43. The molecule has 0 aromatic carbocycles.